The molecule has 0 unspecified atom stereocenters. The molecule has 4 atom stereocenters. The predicted molar refractivity (Wildman–Crippen MR) is 96.0 cm³/mol. The minimum absolute atomic E-state index is 0.653. The van der Waals surface area contributed by atoms with Gasteiger partial charge in [0.1, 0.15) is 5.82 Å². The lowest BCUT2D eigenvalue weighted by Gasteiger charge is -2.46. The van der Waals surface area contributed by atoms with Crippen LogP contribution in [-0.4, -0.2) is 41.6 Å². The normalized spacial score (nSPS) is 34.3. The van der Waals surface area contributed by atoms with Gasteiger partial charge in [0.05, 0.1) is 0 Å². The fourth-order valence-corrected chi connectivity index (χ4v) is 5.42. The van der Waals surface area contributed by atoms with Crippen molar-refractivity contribution in [3.8, 4) is 0 Å². The van der Waals surface area contributed by atoms with Gasteiger partial charge in [0, 0.05) is 37.9 Å². The molecule has 1 aromatic rings. The predicted octanol–water partition coefficient (Wildman–Crippen LogP) is 3.65. The van der Waals surface area contributed by atoms with E-state index in [0.29, 0.717) is 6.04 Å². The van der Waals surface area contributed by atoms with Crippen molar-refractivity contribution in [2.24, 2.45) is 11.8 Å². The minimum Gasteiger partial charge on any atom is -0.354 e. The molecule has 2 bridgehead atoms. The van der Waals surface area contributed by atoms with E-state index < -0.39 is 0 Å². The van der Waals surface area contributed by atoms with Gasteiger partial charge in [-0.25, -0.2) is 4.98 Å². The third kappa shape index (κ3) is 2.77. The second kappa shape index (κ2) is 6.08. The average molecular weight is 313 g/mol. The summed E-state index contributed by atoms with van der Waals surface area (Å²) in [4.78, 5) is 10.1. The Kier molecular flexibility index (Phi) is 4.08. The fourth-order valence-electron chi connectivity index (χ4n) is 5.42. The van der Waals surface area contributed by atoms with Gasteiger partial charge in [0.15, 0.2) is 0 Å². The van der Waals surface area contributed by atoms with Gasteiger partial charge >= 0.3 is 0 Å². The highest BCUT2D eigenvalue weighted by atomic mass is 15.3. The summed E-state index contributed by atoms with van der Waals surface area (Å²) in [5.41, 5.74) is 2.69. The Labute approximate surface area is 141 Å². The third-order valence-electron chi connectivity index (χ3n) is 6.62. The van der Waals surface area contributed by atoms with Crippen LogP contribution in [0.1, 0.15) is 50.7 Å². The molecule has 2 saturated carbocycles. The topological polar surface area (TPSA) is 19.4 Å². The van der Waals surface area contributed by atoms with Crippen LogP contribution in [0.15, 0.2) is 12.3 Å². The van der Waals surface area contributed by atoms with E-state index in [4.69, 9.17) is 4.98 Å². The Bertz CT molecular complexity index is 570. The highest BCUT2D eigenvalue weighted by Crippen LogP contribution is 2.47. The lowest BCUT2D eigenvalue weighted by molar-refractivity contribution is 0.0899. The van der Waals surface area contributed by atoms with Crippen molar-refractivity contribution in [1.82, 2.24) is 9.88 Å². The van der Waals surface area contributed by atoms with Gasteiger partial charge in [-0.2, -0.15) is 0 Å². The molecule has 23 heavy (non-hydrogen) atoms. The van der Waals surface area contributed by atoms with E-state index in [2.05, 4.69) is 42.8 Å². The molecule has 4 rings (SSSR count). The number of pyridine rings is 1. The molecular weight excluding hydrogens is 282 g/mol. The van der Waals surface area contributed by atoms with Crippen molar-refractivity contribution < 1.29 is 0 Å². The maximum atomic E-state index is 4.78. The molecule has 0 N–H and O–H groups in total. The van der Waals surface area contributed by atoms with E-state index in [0.717, 1.165) is 37.4 Å². The number of piperazine rings is 1. The molecule has 3 nitrogen and oxygen atoms in total. The summed E-state index contributed by atoms with van der Waals surface area (Å²) in [5, 5.41) is 0. The minimum atomic E-state index is 0.653. The molecule has 0 amide bonds. The SMILES string of the molecule is CCc1cnc(N2CCN([C@H]3C[C@@H]4CC[C@H]3C4)[C@@H](C)C2)c(C)c1. The van der Waals surface area contributed by atoms with E-state index >= 15 is 0 Å². The molecule has 0 spiro atoms. The summed E-state index contributed by atoms with van der Waals surface area (Å²) in [5.74, 6) is 3.25. The Morgan fingerprint density at radius 1 is 1.22 bits per heavy atom. The zero-order valence-corrected chi connectivity index (χ0v) is 15.0. The standard InChI is InChI=1S/C20H31N3/c1-4-16-9-14(2)20(21-12-16)22-7-8-23(15(3)13-22)19-11-17-5-6-18(19)10-17/h9,12,15,17-19H,4-8,10-11,13H2,1-3H3/t15-,17+,18-,19-/m0/s1. The highest BCUT2D eigenvalue weighted by Gasteiger charge is 2.44. The van der Waals surface area contributed by atoms with Crippen molar-refractivity contribution in [2.45, 2.75) is 65.0 Å². The van der Waals surface area contributed by atoms with Crippen LogP contribution in [0.25, 0.3) is 0 Å². The molecule has 2 heterocycles. The summed E-state index contributed by atoms with van der Waals surface area (Å²) >= 11 is 0. The molecule has 1 aliphatic heterocycles. The Hall–Kier alpha value is -1.09. The molecule has 1 saturated heterocycles. The van der Waals surface area contributed by atoms with E-state index in [9.17, 15) is 0 Å². The first kappa shape index (κ1) is 15.4. The molecule has 3 aliphatic rings. The number of aryl methyl sites for hydroxylation is 2. The van der Waals surface area contributed by atoms with Gasteiger partial charge in [-0.1, -0.05) is 19.4 Å². The second-order valence-corrected chi connectivity index (χ2v) is 8.11. The molecule has 0 aromatic carbocycles. The Morgan fingerprint density at radius 3 is 2.70 bits per heavy atom. The zero-order valence-electron chi connectivity index (χ0n) is 15.0. The van der Waals surface area contributed by atoms with Crippen molar-refractivity contribution in [3.63, 3.8) is 0 Å². The third-order valence-corrected chi connectivity index (χ3v) is 6.62. The van der Waals surface area contributed by atoms with Crippen molar-refractivity contribution in [3.05, 3.63) is 23.4 Å². The number of rotatable bonds is 3. The number of nitrogens with zero attached hydrogens (tertiary/aromatic N) is 3. The van der Waals surface area contributed by atoms with Crippen LogP contribution < -0.4 is 4.90 Å². The number of fused-ring (bicyclic) bond motifs is 2. The fraction of sp³-hybridized carbons (Fsp3) is 0.750. The monoisotopic (exact) mass is 313 g/mol. The summed E-state index contributed by atoms with van der Waals surface area (Å²) < 4.78 is 0. The second-order valence-electron chi connectivity index (χ2n) is 8.11. The maximum absolute atomic E-state index is 4.78. The number of anilines is 1. The lowest BCUT2D eigenvalue weighted by atomic mass is 9.92. The lowest BCUT2D eigenvalue weighted by Crippen LogP contribution is -2.56. The van der Waals surface area contributed by atoms with E-state index in [1.165, 1.54) is 49.2 Å². The maximum Gasteiger partial charge on any atom is 0.131 e. The first-order valence-corrected chi connectivity index (χ1v) is 9.62. The molecular formula is C20H31N3. The van der Waals surface area contributed by atoms with E-state index in [1.807, 2.05) is 0 Å². The largest absolute Gasteiger partial charge is 0.354 e. The van der Waals surface area contributed by atoms with Crippen molar-refractivity contribution in [2.75, 3.05) is 24.5 Å². The van der Waals surface area contributed by atoms with Gasteiger partial charge in [-0.05, 0) is 62.5 Å². The van der Waals surface area contributed by atoms with Crippen LogP contribution >= 0.6 is 0 Å². The van der Waals surface area contributed by atoms with Crippen molar-refractivity contribution in [1.29, 1.82) is 0 Å². The quantitative estimate of drug-likeness (QED) is 0.849. The summed E-state index contributed by atoms with van der Waals surface area (Å²) in [6.45, 7) is 10.3. The molecule has 3 heteroatoms. The van der Waals surface area contributed by atoms with Crippen molar-refractivity contribution >= 4 is 5.82 Å². The van der Waals surface area contributed by atoms with Gasteiger partial charge in [-0.3, -0.25) is 4.90 Å². The Balaban J connectivity index is 1.45. The van der Waals surface area contributed by atoms with E-state index in [1.54, 1.807) is 0 Å². The highest BCUT2D eigenvalue weighted by molar-refractivity contribution is 5.48. The van der Waals surface area contributed by atoms with Gasteiger partial charge in [0.25, 0.3) is 0 Å². The Morgan fingerprint density at radius 2 is 2.09 bits per heavy atom. The number of hydrogen-bond acceptors (Lipinski definition) is 3. The average Bonchev–Trinajstić information content (AvgIpc) is 3.17. The van der Waals surface area contributed by atoms with Gasteiger partial charge in [-0.15, -0.1) is 0 Å². The van der Waals surface area contributed by atoms with Crippen LogP contribution in [0.3, 0.4) is 0 Å². The molecule has 3 fully saturated rings. The smallest absolute Gasteiger partial charge is 0.131 e. The molecule has 2 aliphatic carbocycles. The van der Waals surface area contributed by atoms with Crippen LogP contribution in [0.2, 0.25) is 0 Å². The summed E-state index contributed by atoms with van der Waals surface area (Å²) in [7, 11) is 0. The van der Waals surface area contributed by atoms with Gasteiger partial charge in [0.2, 0.25) is 0 Å². The van der Waals surface area contributed by atoms with Crippen LogP contribution in [0, 0.1) is 18.8 Å². The molecule has 1 aromatic heterocycles. The zero-order chi connectivity index (χ0) is 16.0. The molecule has 0 radical (unpaired) electrons. The van der Waals surface area contributed by atoms with Crippen LogP contribution in [-0.2, 0) is 6.42 Å². The first-order chi connectivity index (χ1) is 11.2. The summed E-state index contributed by atoms with van der Waals surface area (Å²) in [6.07, 6.45) is 9.11. The van der Waals surface area contributed by atoms with E-state index in [-0.39, 0.29) is 0 Å². The van der Waals surface area contributed by atoms with Crippen LogP contribution in [0.4, 0.5) is 5.82 Å². The first-order valence-electron chi connectivity index (χ1n) is 9.62. The number of aromatic nitrogens is 1. The number of hydrogen-bond donors (Lipinski definition) is 0. The van der Waals surface area contributed by atoms with Crippen LogP contribution in [0.5, 0.6) is 0 Å². The summed E-state index contributed by atoms with van der Waals surface area (Å²) in [6, 6.07) is 3.84. The molecule has 126 valence electrons. The van der Waals surface area contributed by atoms with Gasteiger partial charge < -0.3 is 4.90 Å².